The number of alkyl halides is 6. The zero-order valence-corrected chi connectivity index (χ0v) is 11.9. The molecule has 1 fully saturated rings. The minimum absolute atomic E-state index is 0.109. The van der Waals surface area contributed by atoms with Crippen LogP contribution >= 0.6 is 0 Å². The van der Waals surface area contributed by atoms with Gasteiger partial charge in [0.15, 0.2) is 0 Å². The van der Waals surface area contributed by atoms with Crippen molar-refractivity contribution in [3.05, 3.63) is 34.9 Å². The molecule has 128 valence electrons. The zero-order valence-electron chi connectivity index (χ0n) is 11.9. The molecular weight excluding hydrogens is 324 g/mol. The van der Waals surface area contributed by atoms with Gasteiger partial charge < -0.3 is 10.4 Å². The molecule has 1 aliphatic carbocycles. The number of aliphatic hydroxyl groups is 1. The van der Waals surface area contributed by atoms with Gasteiger partial charge in [-0.05, 0) is 36.9 Å². The van der Waals surface area contributed by atoms with Gasteiger partial charge >= 0.3 is 12.4 Å². The van der Waals surface area contributed by atoms with E-state index in [-0.39, 0.29) is 12.0 Å². The van der Waals surface area contributed by atoms with Gasteiger partial charge in [-0.3, -0.25) is 0 Å². The normalized spacial score (nSPS) is 25.2. The molecule has 0 spiro atoms. The number of aryl methyl sites for hydroxylation is 1. The van der Waals surface area contributed by atoms with Crippen LogP contribution in [0.5, 0.6) is 0 Å². The first-order valence-corrected chi connectivity index (χ1v) is 7.28. The highest BCUT2D eigenvalue weighted by Gasteiger charge is 2.71. The lowest BCUT2D eigenvalue weighted by molar-refractivity contribution is -0.376. The molecule has 2 atom stereocenters. The summed E-state index contributed by atoms with van der Waals surface area (Å²) >= 11 is 0. The van der Waals surface area contributed by atoms with Gasteiger partial charge in [-0.15, -0.1) is 0 Å². The van der Waals surface area contributed by atoms with Crippen LogP contribution in [0.3, 0.4) is 0 Å². The second kappa shape index (κ2) is 5.11. The molecule has 2 aliphatic rings. The van der Waals surface area contributed by atoms with E-state index < -0.39 is 23.5 Å². The summed E-state index contributed by atoms with van der Waals surface area (Å²) in [5.74, 6) is 0.109. The molecule has 0 radical (unpaired) electrons. The second-order valence-electron chi connectivity index (χ2n) is 6.11. The molecule has 2 unspecified atom stereocenters. The van der Waals surface area contributed by atoms with Crippen LogP contribution in [0.15, 0.2) is 18.2 Å². The lowest BCUT2D eigenvalue weighted by Crippen LogP contribution is -2.54. The summed E-state index contributed by atoms with van der Waals surface area (Å²) in [5.41, 5.74) is -4.78. The maximum atomic E-state index is 13.0. The van der Waals surface area contributed by atoms with E-state index in [1.807, 2.05) is 0 Å². The van der Waals surface area contributed by atoms with E-state index in [2.05, 4.69) is 5.32 Å². The Bertz CT molecular complexity index is 595. The summed E-state index contributed by atoms with van der Waals surface area (Å²) in [6.07, 6.45) is -9.82. The number of hydrogen-bond acceptors (Lipinski definition) is 2. The van der Waals surface area contributed by atoms with E-state index in [0.29, 0.717) is 18.4 Å². The fourth-order valence-corrected chi connectivity index (χ4v) is 3.65. The number of benzene rings is 1. The summed E-state index contributed by atoms with van der Waals surface area (Å²) in [6.45, 7) is 0.783. The topological polar surface area (TPSA) is 32.3 Å². The molecule has 8 heteroatoms. The molecule has 2 N–H and O–H groups in total. The SMILES string of the molecule is OC(c1ccc2c(c1)CCC1NCCC21)(C(F)(F)F)C(F)(F)F. The predicted octanol–water partition coefficient (Wildman–Crippen LogP) is 3.39. The van der Waals surface area contributed by atoms with E-state index in [4.69, 9.17) is 0 Å². The summed E-state index contributed by atoms with van der Waals surface area (Å²) in [5, 5.41) is 12.8. The highest BCUT2D eigenvalue weighted by molar-refractivity contribution is 5.41. The van der Waals surface area contributed by atoms with Gasteiger partial charge in [0.1, 0.15) is 0 Å². The maximum Gasteiger partial charge on any atom is 0.430 e. The molecule has 0 bridgehead atoms. The number of rotatable bonds is 1. The largest absolute Gasteiger partial charge is 0.430 e. The molecule has 0 saturated carbocycles. The fourth-order valence-electron chi connectivity index (χ4n) is 3.65. The Kier molecular flexibility index (Phi) is 3.68. The van der Waals surface area contributed by atoms with Gasteiger partial charge in [0.05, 0.1) is 0 Å². The molecule has 1 aromatic carbocycles. The minimum Gasteiger partial charge on any atom is -0.369 e. The number of halogens is 6. The Labute approximate surface area is 128 Å². The number of fused-ring (bicyclic) bond motifs is 3. The van der Waals surface area contributed by atoms with Gasteiger partial charge in [0.2, 0.25) is 0 Å². The summed E-state index contributed by atoms with van der Waals surface area (Å²) in [6, 6.07) is 3.14. The highest BCUT2D eigenvalue weighted by Crippen LogP contribution is 2.51. The minimum atomic E-state index is -5.84. The molecule has 0 aromatic heterocycles. The molecule has 1 aliphatic heterocycles. The van der Waals surface area contributed by atoms with Crippen molar-refractivity contribution < 1.29 is 31.4 Å². The van der Waals surface area contributed by atoms with E-state index in [0.717, 1.165) is 30.7 Å². The van der Waals surface area contributed by atoms with Crippen molar-refractivity contribution in [3.8, 4) is 0 Å². The first kappa shape index (κ1) is 16.6. The Morgan fingerprint density at radius 1 is 1.00 bits per heavy atom. The molecule has 1 aromatic rings. The van der Waals surface area contributed by atoms with Crippen molar-refractivity contribution >= 4 is 0 Å². The summed E-state index contributed by atoms with van der Waals surface area (Å²) in [4.78, 5) is 0. The van der Waals surface area contributed by atoms with Crippen LogP contribution in [-0.4, -0.2) is 30.0 Å². The third kappa shape index (κ3) is 2.42. The Balaban J connectivity index is 2.07. The smallest absolute Gasteiger partial charge is 0.369 e. The van der Waals surface area contributed by atoms with Crippen molar-refractivity contribution in [2.75, 3.05) is 6.54 Å². The lowest BCUT2D eigenvalue weighted by Gasteiger charge is -2.34. The standard InChI is InChI=1S/C15H15F6NO/c16-14(17,18)13(23,15(19,20)21)9-2-3-10-8(7-9)1-4-12-11(10)5-6-22-12/h2-3,7,11-12,22-23H,1,4-6H2. The molecule has 0 amide bonds. The molecule has 23 heavy (non-hydrogen) atoms. The van der Waals surface area contributed by atoms with Crippen molar-refractivity contribution in [1.29, 1.82) is 0 Å². The van der Waals surface area contributed by atoms with Gasteiger partial charge in [-0.2, -0.15) is 26.3 Å². The van der Waals surface area contributed by atoms with E-state index in [1.54, 1.807) is 0 Å². The van der Waals surface area contributed by atoms with Gasteiger partial charge in [0.25, 0.3) is 5.60 Å². The van der Waals surface area contributed by atoms with E-state index >= 15 is 0 Å². The highest BCUT2D eigenvalue weighted by atomic mass is 19.4. The first-order valence-electron chi connectivity index (χ1n) is 7.28. The van der Waals surface area contributed by atoms with Crippen molar-refractivity contribution in [2.45, 2.75) is 49.2 Å². The van der Waals surface area contributed by atoms with Gasteiger partial charge in [0, 0.05) is 17.5 Å². The Morgan fingerprint density at radius 3 is 2.26 bits per heavy atom. The third-order valence-corrected chi connectivity index (χ3v) is 4.85. The lowest BCUT2D eigenvalue weighted by atomic mass is 9.77. The fraction of sp³-hybridized carbons (Fsp3) is 0.600. The number of nitrogens with one attached hydrogen (secondary N) is 1. The number of hydrogen-bond donors (Lipinski definition) is 2. The monoisotopic (exact) mass is 339 g/mol. The molecular formula is C15H15F6NO. The van der Waals surface area contributed by atoms with Crippen LogP contribution < -0.4 is 5.32 Å². The van der Waals surface area contributed by atoms with E-state index in [9.17, 15) is 31.4 Å². The first-order chi connectivity index (χ1) is 10.6. The Hall–Kier alpha value is -1.28. The summed E-state index contributed by atoms with van der Waals surface area (Å²) in [7, 11) is 0. The molecule has 3 rings (SSSR count). The van der Waals surface area contributed by atoms with Crippen LogP contribution in [0, 0.1) is 0 Å². The zero-order chi connectivity index (χ0) is 17.0. The van der Waals surface area contributed by atoms with Crippen LogP contribution in [0.1, 0.15) is 35.4 Å². The van der Waals surface area contributed by atoms with Crippen LogP contribution in [0.4, 0.5) is 26.3 Å². The molecule has 1 heterocycles. The molecule has 2 nitrogen and oxygen atoms in total. The van der Waals surface area contributed by atoms with Crippen LogP contribution in [-0.2, 0) is 12.0 Å². The van der Waals surface area contributed by atoms with Gasteiger partial charge in [-0.1, -0.05) is 18.2 Å². The molecule has 1 saturated heterocycles. The maximum absolute atomic E-state index is 13.0. The quantitative estimate of drug-likeness (QED) is 0.769. The average molecular weight is 339 g/mol. The summed E-state index contributed by atoms with van der Waals surface area (Å²) < 4.78 is 77.7. The van der Waals surface area contributed by atoms with Gasteiger partial charge in [-0.25, -0.2) is 0 Å². The van der Waals surface area contributed by atoms with Crippen molar-refractivity contribution in [1.82, 2.24) is 5.32 Å². The second-order valence-corrected chi connectivity index (χ2v) is 6.11. The van der Waals surface area contributed by atoms with Crippen molar-refractivity contribution in [3.63, 3.8) is 0 Å². The Morgan fingerprint density at radius 2 is 1.65 bits per heavy atom. The van der Waals surface area contributed by atoms with Crippen molar-refractivity contribution in [2.24, 2.45) is 0 Å². The average Bonchev–Trinajstić information content (AvgIpc) is 2.92. The third-order valence-electron chi connectivity index (χ3n) is 4.85. The van der Waals surface area contributed by atoms with Crippen LogP contribution in [0.25, 0.3) is 0 Å². The predicted molar refractivity (Wildman–Crippen MR) is 69.9 cm³/mol. The van der Waals surface area contributed by atoms with Crippen LogP contribution in [0.2, 0.25) is 0 Å². The van der Waals surface area contributed by atoms with E-state index in [1.165, 1.54) is 6.07 Å².